The third kappa shape index (κ3) is 3.27. The molecule has 15 heavy (non-hydrogen) atoms. The minimum Gasteiger partial charge on any atom is -0.135 e. The molecule has 0 aliphatic heterocycles. The summed E-state index contributed by atoms with van der Waals surface area (Å²) in [6.07, 6.45) is 1.97. The number of thiophene rings is 1. The van der Waals surface area contributed by atoms with Crippen LogP contribution in [-0.2, 0) is 6.42 Å². The summed E-state index contributed by atoms with van der Waals surface area (Å²) >= 11 is 1.70. The van der Waals surface area contributed by atoms with Crippen molar-refractivity contribution in [2.24, 2.45) is 0 Å². The highest BCUT2D eigenvalue weighted by atomic mass is 32.1. The lowest BCUT2D eigenvalue weighted by Crippen LogP contribution is -1.81. The number of benzene rings is 1. The Hall–Kier alpha value is -1.52. The van der Waals surface area contributed by atoms with Gasteiger partial charge in [0.15, 0.2) is 0 Å². The van der Waals surface area contributed by atoms with Crippen molar-refractivity contribution in [3.8, 4) is 11.8 Å². The highest BCUT2D eigenvalue weighted by Gasteiger charge is 1.88. The topological polar surface area (TPSA) is 0 Å². The molecule has 0 amide bonds. The summed E-state index contributed by atoms with van der Waals surface area (Å²) in [5.74, 6) is 6.36. The molecule has 1 aromatic carbocycles. The van der Waals surface area contributed by atoms with E-state index in [0.29, 0.717) is 0 Å². The van der Waals surface area contributed by atoms with Crippen molar-refractivity contribution < 1.29 is 0 Å². The van der Waals surface area contributed by atoms with Crippen molar-refractivity contribution in [1.29, 1.82) is 0 Å². The molecule has 2 aromatic rings. The molecule has 0 nitrogen and oxygen atoms in total. The zero-order valence-electron chi connectivity index (χ0n) is 8.44. The molecule has 0 aliphatic carbocycles. The summed E-state index contributed by atoms with van der Waals surface area (Å²) < 4.78 is 0. The average molecular weight is 212 g/mol. The molecule has 0 spiro atoms. The van der Waals surface area contributed by atoms with Gasteiger partial charge in [0.1, 0.15) is 0 Å². The van der Waals surface area contributed by atoms with Crippen molar-refractivity contribution in [3.05, 3.63) is 58.3 Å². The third-order valence-electron chi connectivity index (χ3n) is 2.11. The third-order valence-corrected chi connectivity index (χ3v) is 2.90. The van der Waals surface area contributed by atoms with Crippen molar-refractivity contribution in [1.82, 2.24) is 0 Å². The maximum atomic E-state index is 3.20. The van der Waals surface area contributed by atoms with E-state index in [1.54, 1.807) is 11.3 Å². The Bertz CT molecular complexity index is 443. The Morgan fingerprint density at radius 1 is 1.00 bits per heavy atom. The van der Waals surface area contributed by atoms with Crippen LogP contribution in [0.4, 0.5) is 0 Å². The lowest BCUT2D eigenvalue weighted by atomic mass is 10.1. The lowest BCUT2D eigenvalue weighted by Gasteiger charge is -1.94. The number of rotatable bonds is 2. The summed E-state index contributed by atoms with van der Waals surface area (Å²) in [6, 6.07) is 14.6. The molecule has 1 heteroatoms. The van der Waals surface area contributed by atoms with Gasteiger partial charge in [-0.05, 0) is 23.4 Å². The van der Waals surface area contributed by atoms with Gasteiger partial charge in [0.05, 0.1) is 4.88 Å². The van der Waals surface area contributed by atoms with Crippen LogP contribution >= 0.6 is 11.3 Å². The van der Waals surface area contributed by atoms with Crippen LogP contribution in [0, 0.1) is 11.8 Å². The van der Waals surface area contributed by atoms with E-state index in [0.717, 1.165) is 17.7 Å². The quantitative estimate of drug-likeness (QED) is 0.665. The maximum Gasteiger partial charge on any atom is 0.0768 e. The molecule has 0 radical (unpaired) electrons. The molecule has 0 aliphatic rings. The molecule has 1 heterocycles. The van der Waals surface area contributed by atoms with E-state index < -0.39 is 0 Å². The number of hydrogen-bond donors (Lipinski definition) is 0. The van der Waals surface area contributed by atoms with Crippen molar-refractivity contribution in [2.45, 2.75) is 12.8 Å². The normalized spacial score (nSPS) is 9.33. The van der Waals surface area contributed by atoms with Gasteiger partial charge < -0.3 is 0 Å². The van der Waals surface area contributed by atoms with E-state index in [4.69, 9.17) is 0 Å². The second kappa shape index (κ2) is 5.38. The Balaban J connectivity index is 1.85. The molecule has 0 unspecified atom stereocenters. The fourth-order valence-corrected chi connectivity index (χ4v) is 1.94. The van der Waals surface area contributed by atoms with E-state index in [1.807, 2.05) is 12.1 Å². The first kappa shape index (κ1) is 10.0. The number of aryl methyl sites for hydroxylation is 1. The maximum absolute atomic E-state index is 3.20. The second-order valence-corrected chi connectivity index (χ2v) is 4.21. The van der Waals surface area contributed by atoms with Crippen molar-refractivity contribution in [2.75, 3.05) is 0 Å². The molecule has 0 saturated heterocycles. The first-order valence-electron chi connectivity index (χ1n) is 5.01. The predicted octanol–water partition coefficient (Wildman–Crippen LogP) is 3.73. The van der Waals surface area contributed by atoms with Gasteiger partial charge in [-0.3, -0.25) is 0 Å². The highest BCUT2D eigenvalue weighted by Crippen LogP contribution is 2.06. The van der Waals surface area contributed by atoms with Gasteiger partial charge in [-0.25, -0.2) is 0 Å². The Labute approximate surface area is 94.6 Å². The molecule has 1 aromatic heterocycles. The van der Waals surface area contributed by atoms with Crippen LogP contribution in [0.1, 0.15) is 16.9 Å². The first-order valence-corrected chi connectivity index (χ1v) is 5.89. The van der Waals surface area contributed by atoms with Gasteiger partial charge in [0.25, 0.3) is 0 Å². The van der Waals surface area contributed by atoms with Crippen LogP contribution in [0.25, 0.3) is 0 Å². The zero-order chi connectivity index (χ0) is 10.3. The molecule has 2 rings (SSSR count). The summed E-state index contributed by atoms with van der Waals surface area (Å²) in [4.78, 5) is 1.16. The molecule has 0 N–H and O–H groups in total. The SMILES string of the molecule is C(#Cc1cccs1)CCc1ccccc1. The van der Waals surface area contributed by atoms with E-state index in [9.17, 15) is 0 Å². The molecular formula is C14H12S. The summed E-state index contributed by atoms with van der Waals surface area (Å²) in [6.45, 7) is 0. The van der Waals surface area contributed by atoms with Gasteiger partial charge in [-0.15, -0.1) is 11.3 Å². The summed E-state index contributed by atoms with van der Waals surface area (Å²) in [5.41, 5.74) is 1.36. The highest BCUT2D eigenvalue weighted by molar-refractivity contribution is 7.10. The fraction of sp³-hybridized carbons (Fsp3) is 0.143. The molecule has 0 saturated carbocycles. The lowest BCUT2D eigenvalue weighted by molar-refractivity contribution is 1.03. The Morgan fingerprint density at radius 2 is 1.87 bits per heavy atom. The molecular weight excluding hydrogens is 200 g/mol. The van der Waals surface area contributed by atoms with E-state index in [-0.39, 0.29) is 0 Å². The van der Waals surface area contributed by atoms with Gasteiger partial charge in [0, 0.05) is 6.42 Å². The van der Waals surface area contributed by atoms with Crippen LogP contribution in [0.15, 0.2) is 47.8 Å². The minimum atomic E-state index is 0.932. The predicted molar refractivity (Wildman–Crippen MR) is 66.0 cm³/mol. The molecule has 0 fully saturated rings. The zero-order valence-corrected chi connectivity index (χ0v) is 9.26. The first-order chi connectivity index (χ1) is 7.45. The fourth-order valence-electron chi connectivity index (χ4n) is 1.35. The minimum absolute atomic E-state index is 0.932. The second-order valence-electron chi connectivity index (χ2n) is 3.26. The van der Waals surface area contributed by atoms with Gasteiger partial charge in [0.2, 0.25) is 0 Å². The Kier molecular flexibility index (Phi) is 3.59. The molecule has 0 atom stereocenters. The van der Waals surface area contributed by atoms with Gasteiger partial charge in [-0.1, -0.05) is 48.2 Å². The molecule has 74 valence electrons. The summed E-state index contributed by atoms with van der Waals surface area (Å²) in [5, 5.41) is 2.06. The van der Waals surface area contributed by atoms with Crippen LogP contribution < -0.4 is 0 Å². The van der Waals surface area contributed by atoms with Crippen molar-refractivity contribution in [3.63, 3.8) is 0 Å². The Morgan fingerprint density at radius 3 is 2.60 bits per heavy atom. The van der Waals surface area contributed by atoms with Crippen molar-refractivity contribution >= 4 is 11.3 Å². The largest absolute Gasteiger partial charge is 0.135 e. The van der Waals surface area contributed by atoms with E-state index in [1.165, 1.54) is 5.56 Å². The van der Waals surface area contributed by atoms with Crippen LogP contribution in [0.3, 0.4) is 0 Å². The van der Waals surface area contributed by atoms with Gasteiger partial charge >= 0.3 is 0 Å². The standard InChI is InChI=1S/C14H12S/c1-2-7-13(8-3-1)9-4-5-10-14-11-6-12-15-14/h1-3,6-8,11-12H,4,9H2. The van der Waals surface area contributed by atoms with E-state index in [2.05, 4.69) is 47.6 Å². The van der Waals surface area contributed by atoms with Crippen LogP contribution in [0.2, 0.25) is 0 Å². The van der Waals surface area contributed by atoms with Crippen LogP contribution in [-0.4, -0.2) is 0 Å². The smallest absolute Gasteiger partial charge is 0.0768 e. The average Bonchev–Trinajstić information content (AvgIpc) is 2.79. The summed E-state index contributed by atoms with van der Waals surface area (Å²) in [7, 11) is 0. The van der Waals surface area contributed by atoms with E-state index >= 15 is 0 Å². The monoisotopic (exact) mass is 212 g/mol. The number of hydrogen-bond acceptors (Lipinski definition) is 1. The van der Waals surface area contributed by atoms with Crippen LogP contribution in [0.5, 0.6) is 0 Å². The van der Waals surface area contributed by atoms with Gasteiger partial charge in [-0.2, -0.15) is 0 Å². The molecule has 0 bridgehead atoms.